The number of rotatable bonds is 8. The summed E-state index contributed by atoms with van der Waals surface area (Å²) in [7, 11) is 1.61. The van der Waals surface area contributed by atoms with Crippen molar-refractivity contribution < 1.29 is 9.66 Å². The van der Waals surface area contributed by atoms with Gasteiger partial charge in [-0.15, -0.1) is 24.0 Å². The van der Waals surface area contributed by atoms with Gasteiger partial charge in [0.15, 0.2) is 5.96 Å². The number of hydrogen-bond donors (Lipinski definition) is 2. The van der Waals surface area contributed by atoms with Crippen LogP contribution in [0, 0.1) is 10.1 Å². The third kappa shape index (κ3) is 7.26. The van der Waals surface area contributed by atoms with Crippen LogP contribution in [0.2, 0.25) is 0 Å². The Morgan fingerprint density at radius 2 is 1.96 bits per heavy atom. The number of benzene rings is 2. The summed E-state index contributed by atoms with van der Waals surface area (Å²) < 4.78 is 5.15. The lowest BCUT2D eigenvalue weighted by molar-refractivity contribution is -0.384. The van der Waals surface area contributed by atoms with E-state index in [0.29, 0.717) is 12.5 Å². The van der Waals surface area contributed by atoms with E-state index in [-0.39, 0.29) is 29.7 Å². The van der Waals surface area contributed by atoms with Gasteiger partial charge in [-0.1, -0.05) is 18.2 Å². The summed E-state index contributed by atoms with van der Waals surface area (Å²) in [4.78, 5) is 14.5. The summed E-state index contributed by atoms with van der Waals surface area (Å²) in [5.41, 5.74) is 7.89. The van der Waals surface area contributed by atoms with E-state index < -0.39 is 4.92 Å². The first-order chi connectivity index (χ1) is 12.1. The number of nitrogens with zero attached hydrogens (tertiary/aromatic N) is 2. The SMILES string of the molecule is COc1cccc(NC(N)=NCCCCc2ccc([N+](=O)[O-])cc2)c1.I. The molecule has 2 aromatic rings. The molecule has 0 aromatic heterocycles. The average molecular weight is 470 g/mol. The summed E-state index contributed by atoms with van der Waals surface area (Å²) in [6, 6.07) is 14.1. The highest BCUT2D eigenvalue weighted by Gasteiger charge is 2.03. The van der Waals surface area contributed by atoms with Crippen molar-refractivity contribution in [3.8, 4) is 5.75 Å². The zero-order chi connectivity index (χ0) is 18.1. The van der Waals surface area contributed by atoms with Crippen LogP contribution in [0.5, 0.6) is 5.75 Å². The van der Waals surface area contributed by atoms with Crippen LogP contribution in [0.15, 0.2) is 53.5 Å². The molecule has 0 saturated heterocycles. The number of halogens is 1. The predicted molar refractivity (Wildman–Crippen MR) is 115 cm³/mol. The summed E-state index contributed by atoms with van der Waals surface area (Å²) in [5, 5.41) is 13.6. The summed E-state index contributed by atoms with van der Waals surface area (Å²) in [6.07, 6.45) is 2.68. The third-order valence-corrected chi connectivity index (χ3v) is 3.65. The number of nitrogens with one attached hydrogen (secondary N) is 1. The molecule has 2 rings (SSSR count). The molecule has 0 atom stereocenters. The van der Waals surface area contributed by atoms with Crippen LogP contribution in [0.3, 0.4) is 0 Å². The van der Waals surface area contributed by atoms with E-state index in [9.17, 15) is 10.1 Å². The maximum Gasteiger partial charge on any atom is 0.269 e. The van der Waals surface area contributed by atoms with Crippen LogP contribution in [0.4, 0.5) is 11.4 Å². The second-order valence-corrected chi connectivity index (χ2v) is 5.50. The Morgan fingerprint density at radius 3 is 2.62 bits per heavy atom. The second kappa shape index (κ2) is 11.3. The molecule has 0 aliphatic carbocycles. The number of non-ortho nitro benzene ring substituents is 1. The molecule has 140 valence electrons. The van der Waals surface area contributed by atoms with Crippen molar-refractivity contribution in [2.75, 3.05) is 19.0 Å². The Kier molecular flexibility index (Phi) is 9.42. The summed E-state index contributed by atoms with van der Waals surface area (Å²) in [6.45, 7) is 0.621. The minimum Gasteiger partial charge on any atom is -0.497 e. The van der Waals surface area contributed by atoms with Gasteiger partial charge in [0.2, 0.25) is 0 Å². The van der Waals surface area contributed by atoms with Gasteiger partial charge in [-0.3, -0.25) is 15.1 Å². The van der Waals surface area contributed by atoms with Gasteiger partial charge in [-0.05, 0) is 37.0 Å². The zero-order valence-electron chi connectivity index (χ0n) is 14.6. The fourth-order valence-electron chi connectivity index (χ4n) is 2.31. The summed E-state index contributed by atoms with van der Waals surface area (Å²) >= 11 is 0. The van der Waals surface area contributed by atoms with Crippen molar-refractivity contribution in [2.24, 2.45) is 10.7 Å². The van der Waals surface area contributed by atoms with E-state index in [1.807, 2.05) is 24.3 Å². The van der Waals surface area contributed by atoms with Crippen molar-refractivity contribution in [3.05, 3.63) is 64.2 Å². The number of aliphatic imine (C=N–C) groups is 1. The monoisotopic (exact) mass is 470 g/mol. The van der Waals surface area contributed by atoms with Crippen LogP contribution >= 0.6 is 24.0 Å². The molecular weight excluding hydrogens is 447 g/mol. The molecule has 0 unspecified atom stereocenters. The van der Waals surface area contributed by atoms with Crippen molar-refractivity contribution in [2.45, 2.75) is 19.3 Å². The lowest BCUT2D eigenvalue weighted by atomic mass is 10.1. The number of unbranched alkanes of at least 4 members (excludes halogenated alkanes) is 1. The van der Waals surface area contributed by atoms with Crippen LogP contribution < -0.4 is 15.8 Å². The lowest BCUT2D eigenvalue weighted by Gasteiger charge is -2.07. The zero-order valence-corrected chi connectivity index (χ0v) is 16.9. The van der Waals surface area contributed by atoms with Gasteiger partial charge in [0, 0.05) is 30.4 Å². The largest absolute Gasteiger partial charge is 0.497 e. The maximum atomic E-state index is 10.6. The predicted octanol–water partition coefficient (Wildman–Crippen LogP) is 3.97. The highest BCUT2D eigenvalue weighted by Crippen LogP contribution is 2.16. The van der Waals surface area contributed by atoms with E-state index in [1.165, 1.54) is 12.1 Å². The maximum absolute atomic E-state index is 10.6. The number of guanidine groups is 1. The number of nitrogens with two attached hydrogens (primary N) is 1. The van der Waals surface area contributed by atoms with Gasteiger partial charge < -0.3 is 15.8 Å². The Morgan fingerprint density at radius 1 is 1.23 bits per heavy atom. The molecule has 0 spiro atoms. The molecule has 0 bridgehead atoms. The molecule has 0 radical (unpaired) electrons. The van der Waals surface area contributed by atoms with Crippen molar-refractivity contribution >= 4 is 41.3 Å². The molecule has 0 fully saturated rings. The van der Waals surface area contributed by atoms with Gasteiger partial charge in [0.1, 0.15) is 5.75 Å². The van der Waals surface area contributed by atoms with E-state index in [4.69, 9.17) is 10.5 Å². The normalized spacial score (nSPS) is 10.7. The van der Waals surface area contributed by atoms with E-state index >= 15 is 0 Å². The standard InChI is InChI=1S/C18H22N4O3.HI/c1-25-17-7-4-6-15(13-17)21-18(19)20-12-3-2-5-14-8-10-16(11-9-14)22(23)24;/h4,6-11,13H,2-3,5,12H2,1H3,(H3,19,20,21);1H. The molecule has 26 heavy (non-hydrogen) atoms. The first-order valence-corrected chi connectivity index (χ1v) is 8.03. The second-order valence-electron chi connectivity index (χ2n) is 5.50. The molecule has 2 aromatic carbocycles. The molecule has 0 amide bonds. The summed E-state index contributed by atoms with van der Waals surface area (Å²) in [5.74, 6) is 1.12. The molecule has 0 saturated carbocycles. The van der Waals surface area contributed by atoms with Crippen molar-refractivity contribution in [3.63, 3.8) is 0 Å². The molecule has 8 heteroatoms. The number of ether oxygens (including phenoxy) is 1. The van der Waals surface area contributed by atoms with Gasteiger partial charge in [0.05, 0.1) is 12.0 Å². The molecule has 0 aliphatic rings. The van der Waals surface area contributed by atoms with Crippen LogP contribution in [-0.2, 0) is 6.42 Å². The van der Waals surface area contributed by atoms with E-state index in [2.05, 4.69) is 10.3 Å². The topological polar surface area (TPSA) is 103 Å². The number of hydrogen-bond acceptors (Lipinski definition) is 4. The first kappa shape index (κ1) is 21.7. The molecule has 7 nitrogen and oxygen atoms in total. The van der Waals surface area contributed by atoms with Gasteiger partial charge in [-0.2, -0.15) is 0 Å². The number of nitro groups is 1. The Balaban J connectivity index is 0.00000338. The van der Waals surface area contributed by atoms with Gasteiger partial charge in [0.25, 0.3) is 5.69 Å². The smallest absolute Gasteiger partial charge is 0.269 e. The lowest BCUT2D eigenvalue weighted by Crippen LogP contribution is -2.22. The van der Waals surface area contributed by atoms with Crippen molar-refractivity contribution in [1.82, 2.24) is 0 Å². The highest BCUT2D eigenvalue weighted by molar-refractivity contribution is 14.0. The molecular formula is C18H23IN4O3. The quantitative estimate of drug-likeness (QED) is 0.152. The minimum atomic E-state index is -0.392. The average Bonchev–Trinajstić information content (AvgIpc) is 2.62. The van der Waals surface area contributed by atoms with Crippen LogP contribution in [0.1, 0.15) is 18.4 Å². The number of anilines is 1. The molecule has 3 N–H and O–H groups in total. The Hall–Kier alpha value is -2.36. The van der Waals surface area contributed by atoms with Gasteiger partial charge >= 0.3 is 0 Å². The number of nitro benzene ring substituents is 1. The van der Waals surface area contributed by atoms with E-state index in [0.717, 1.165) is 36.3 Å². The number of aryl methyl sites for hydroxylation is 1. The minimum absolute atomic E-state index is 0. The highest BCUT2D eigenvalue weighted by atomic mass is 127. The van der Waals surface area contributed by atoms with Crippen LogP contribution in [0.25, 0.3) is 0 Å². The van der Waals surface area contributed by atoms with E-state index in [1.54, 1.807) is 19.2 Å². The van der Waals surface area contributed by atoms with Crippen molar-refractivity contribution in [1.29, 1.82) is 0 Å². The van der Waals surface area contributed by atoms with Crippen LogP contribution in [-0.4, -0.2) is 24.5 Å². The molecule has 0 aliphatic heterocycles. The Labute approximate surface area is 169 Å². The number of methoxy groups -OCH3 is 1. The van der Waals surface area contributed by atoms with Gasteiger partial charge in [-0.25, -0.2) is 0 Å². The fraction of sp³-hybridized carbons (Fsp3) is 0.278. The first-order valence-electron chi connectivity index (χ1n) is 8.03. The fourth-order valence-corrected chi connectivity index (χ4v) is 2.31. The third-order valence-electron chi connectivity index (χ3n) is 3.65. The Bertz CT molecular complexity index is 735. The molecule has 0 heterocycles.